The van der Waals surface area contributed by atoms with Crippen LogP contribution in [0.15, 0.2) is 33.9 Å². The molecular weight excluding hydrogens is 286 g/mol. The molecule has 22 heavy (non-hydrogen) atoms. The number of carbonyl (C=O) groups is 2. The highest BCUT2D eigenvalue weighted by Gasteiger charge is 2.29. The number of para-hydroxylation sites is 1. The van der Waals surface area contributed by atoms with Crippen LogP contribution in [0.25, 0.3) is 10.9 Å². The van der Waals surface area contributed by atoms with Crippen molar-refractivity contribution in [1.29, 1.82) is 0 Å². The van der Waals surface area contributed by atoms with E-state index in [0.29, 0.717) is 17.3 Å². The molecule has 2 aromatic rings. The lowest BCUT2D eigenvalue weighted by atomic mass is 10.1. The maximum Gasteiger partial charge on any atom is 0.331 e. The number of nitrogens with one attached hydrogen (secondary N) is 1. The molecule has 7 nitrogen and oxygen atoms in total. The van der Waals surface area contributed by atoms with Crippen LogP contribution in [0.5, 0.6) is 0 Å². The quantitative estimate of drug-likeness (QED) is 0.755. The molecule has 0 radical (unpaired) electrons. The Hall–Kier alpha value is -2.70. The molecule has 114 valence electrons. The predicted molar refractivity (Wildman–Crippen MR) is 79.5 cm³/mol. The van der Waals surface area contributed by atoms with Gasteiger partial charge in [-0.25, -0.2) is 9.36 Å². The van der Waals surface area contributed by atoms with Gasteiger partial charge < -0.3 is 0 Å². The molecule has 0 bridgehead atoms. The normalized spacial score (nSPS) is 19.0. The molecule has 0 saturated carbocycles. The van der Waals surface area contributed by atoms with Crippen molar-refractivity contribution in [3.05, 3.63) is 45.1 Å². The Morgan fingerprint density at radius 1 is 1.14 bits per heavy atom. The van der Waals surface area contributed by atoms with Crippen LogP contribution in [-0.4, -0.2) is 20.9 Å². The zero-order valence-corrected chi connectivity index (χ0v) is 12.0. The average Bonchev–Trinajstić information content (AvgIpc) is 2.66. The SMILES string of the molecule is Cn1c(=O)n(C2CCCC(=O)NC2=O)c(=O)c2ccccc21. The fourth-order valence-corrected chi connectivity index (χ4v) is 2.82. The number of hydrogen-bond donors (Lipinski definition) is 1. The van der Waals surface area contributed by atoms with Crippen LogP contribution < -0.4 is 16.6 Å². The third kappa shape index (κ3) is 2.14. The summed E-state index contributed by atoms with van der Waals surface area (Å²) < 4.78 is 2.30. The molecular formula is C15H15N3O4. The van der Waals surface area contributed by atoms with E-state index in [4.69, 9.17) is 0 Å². The molecule has 1 saturated heterocycles. The Bertz CT molecular complexity index is 894. The molecule has 1 atom stereocenters. The Balaban J connectivity index is 2.27. The van der Waals surface area contributed by atoms with Gasteiger partial charge in [-0.15, -0.1) is 0 Å². The molecule has 0 spiro atoms. The van der Waals surface area contributed by atoms with Crippen molar-refractivity contribution in [2.45, 2.75) is 25.3 Å². The summed E-state index contributed by atoms with van der Waals surface area (Å²) in [6.07, 6.45) is 0.945. The third-order valence-corrected chi connectivity index (χ3v) is 3.97. The lowest BCUT2D eigenvalue weighted by Crippen LogP contribution is -2.46. The van der Waals surface area contributed by atoms with Gasteiger partial charge in [0.25, 0.3) is 5.56 Å². The highest BCUT2D eigenvalue weighted by molar-refractivity contribution is 5.97. The van der Waals surface area contributed by atoms with Crippen LogP contribution in [0.2, 0.25) is 0 Å². The van der Waals surface area contributed by atoms with E-state index >= 15 is 0 Å². The first-order valence-corrected chi connectivity index (χ1v) is 7.04. The molecule has 1 unspecified atom stereocenters. The third-order valence-electron chi connectivity index (χ3n) is 3.97. The van der Waals surface area contributed by atoms with E-state index in [2.05, 4.69) is 5.32 Å². The van der Waals surface area contributed by atoms with Gasteiger partial charge in [0.2, 0.25) is 11.8 Å². The molecule has 0 aliphatic carbocycles. The summed E-state index contributed by atoms with van der Waals surface area (Å²) >= 11 is 0. The number of amides is 2. The van der Waals surface area contributed by atoms with Crippen LogP contribution in [0.3, 0.4) is 0 Å². The smallest absolute Gasteiger partial charge is 0.296 e. The molecule has 1 aliphatic rings. The molecule has 7 heteroatoms. The van der Waals surface area contributed by atoms with Crippen molar-refractivity contribution in [2.24, 2.45) is 7.05 Å². The standard InChI is InChI=1S/C15H15N3O4/c1-17-10-6-3-2-5-9(10)14(21)18(15(17)22)11-7-4-8-12(19)16-13(11)20/h2-3,5-6,11H,4,7-8H2,1H3,(H,16,19,20). The van der Waals surface area contributed by atoms with E-state index in [1.807, 2.05) is 0 Å². The average molecular weight is 301 g/mol. The minimum absolute atomic E-state index is 0.213. The second kappa shape index (κ2) is 5.25. The van der Waals surface area contributed by atoms with Crippen LogP contribution in [-0.2, 0) is 16.6 Å². The largest absolute Gasteiger partial charge is 0.331 e. The highest BCUT2D eigenvalue weighted by atomic mass is 16.2. The number of aryl methyl sites for hydroxylation is 1. The van der Waals surface area contributed by atoms with E-state index in [1.165, 1.54) is 4.57 Å². The molecule has 1 aliphatic heterocycles. The molecule has 2 heterocycles. The van der Waals surface area contributed by atoms with Gasteiger partial charge >= 0.3 is 5.69 Å². The molecule has 1 fully saturated rings. The van der Waals surface area contributed by atoms with E-state index in [0.717, 1.165) is 4.57 Å². The Kier molecular flexibility index (Phi) is 3.40. The topological polar surface area (TPSA) is 90.2 Å². The van der Waals surface area contributed by atoms with E-state index in [9.17, 15) is 19.2 Å². The van der Waals surface area contributed by atoms with Crippen molar-refractivity contribution in [2.75, 3.05) is 0 Å². The van der Waals surface area contributed by atoms with Gasteiger partial charge in [0.1, 0.15) is 6.04 Å². The fourth-order valence-electron chi connectivity index (χ4n) is 2.82. The summed E-state index contributed by atoms with van der Waals surface area (Å²) in [7, 11) is 1.56. The number of benzene rings is 1. The summed E-state index contributed by atoms with van der Waals surface area (Å²) in [5.74, 6) is -0.977. The van der Waals surface area contributed by atoms with Gasteiger partial charge in [0.05, 0.1) is 10.9 Å². The van der Waals surface area contributed by atoms with Crippen LogP contribution in [0.1, 0.15) is 25.3 Å². The van der Waals surface area contributed by atoms with E-state index < -0.39 is 23.2 Å². The van der Waals surface area contributed by atoms with Gasteiger partial charge in [-0.3, -0.25) is 24.3 Å². The minimum Gasteiger partial charge on any atom is -0.296 e. The summed E-state index contributed by atoms with van der Waals surface area (Å²) in [6, 6.07) is 5.78. The predicted octanol–water partition coefficient (Wildman–Crippen LogP) is 0.0680. The summed E-state index contributed by atoms with van der Waals surface area (Å²) in [5, 5.41) is 2.60. The van der Waals surface area contributed by atoms with Crippen molar-refractivity contribution >= 4 is 22.7 Å². The van der Waals surface area contributed by atoms with Crippen molar-refractivity contribution < 1.29 is 9.59 Å². The Labute approximate surface area is 125 Å². The van der Waals surface area contributed by atoms with Crippen molar-refractivity contribution in [1.82, 2.24) is 14.5 Å². The number of rotatable bonds is 1. The summed E-state index contributed by atoms with van der Waals surface area (Å²) in [5.41, 5.74) is -0.551. The maximum absolute atomic E-state index is 12.6. The Morgan fingerprint density at radius 2 is 1.86 bits per heavy atom. The maximum atomic E-state index is 12.6. The monoisotopic (exact) mass is 301 g/mol. The number of aromatic nitrogens is 2. The van der Waals surface area contributed by atoms with Gasteiger partial charge in [-0.05, 0) is 25.0 Å². The number of fused-ring (bicyclic) bond motifs is 1. The second-order valence-corrected chi connectivity index (χ2v) is 5.35. The number of hydrogen-bond acceptors (Lipinski definition) is 4. The first-order valence-electron chi connectivity index (χ1n) is 7.04. The summed E-state index contributed by atoms with van der Waals surface area (Å²) in [4.78, 5) is 48.7. The summed E-state index contributed by atoms with van der Waals surface area (Å²) in [6.45, 7) is 0. The number of nitrogens with zero attached hydrogens (tertiary/aromatic N) is 2. The number of carbonyl (C=O) groups excluding carboxylic acids is 2. The minimum atomic E-state index is -0.956. The fraction of sp³-hybridized carbons (Fsp3) is 0.333. The first-order chi connectivity index (χ1) is 10.5. The molecule has 3 rings (SSSR count). The second-order valence-electron chi connectivity index (χ2n) is 5.35. The Morgan fingerprint density at radius 3 is 2.64 bits per heavy atom. The van der Waals surface area contributed by atoms with Gasteiger partial charge in [-0.1, -0.05) is 12.1 Å². The van der Waals surface area contributed by atoms with E-state index in [1.54, 1.807) is 31.3 Å². The van der Waals surface area contributed by atoms with Gasteiger partial charge in [0.15, 0.2) is 0 Å². The molecule has 1 N–H and O–H groups in total. The van der Waals surface area contributed by atoms with Crippen LogP contribution in [0.4, 0.5) is 0 Å². The zero-order chi connectivity index (χ0) is 15.9. The molecule has 1 aromatic heterocycles. The van der Waals surface area contributed by atoms with Crippen LogP contribution in [0, 0.1) is 0 Å². The van der Waals surface area contributed by atoms with Gasteiger partial charge in [0, 0.05) is 13.5 Å². The van der Waals surface area contributed by atoms with Crippen molar-refractivity contribution in [3.8, 4) is 0 Å². The zero-order valence-electron chi connectivity index (χ0n) is 12.0. The molecule has 2 amide bonds. The molecule has 1 aromatic carbocycles. The van der Waals surface area contributed by atoms with Gasteiger partial charge in [-0.2, -0.15) is 0 Å². The van der Waals surface area contributed by atoms with E-state index in [-0.39, 0.29) is 18.7 Å². The van der Waals surface area contributed by atoms with Crippen LogP contribution >= 0.6 is 0 Å². The lowest BCUT2D eigenvalue weighted by molar-refractivity contribution is -0.131. The first kappa shape index (κ1) is 14.2. The number of imide groups is 1. The van der Waals surface area contributed by atoms with Crippen molar-refractivity contribution in [3.63, 3.8) is 0 Å². The highest BCUT2D eigenvalue weighted by Crippen LogP contribution is 2.17. The lowest BCUT2D eigenvalue weighted by Gasteiger charge is -2.17.